The Hall–Kier alpha value is -1.93. The van der Waals surface area contributed by atoms with E-state index in [9.17, 15) is 14.9 Å². The standard InChI is InChI=1S/C11H16N4O4/c1-12-11(16)9-6-13-4-5-14(9)7-8-2-3-10(19-8)15(17)18/h2-3,9,13H,4-7H2,1H3,(H,12,16). The molecule has 19 heavy (non-hydrogen) atoms. The maximum atomic E-state index is 11.7. The van der Waals surface area contributed by atoms with Crippen molar-refractivity contribution in [1.82, 2.24) is 15.5 Å². The van der Waals surface area contributed by atoms with Gasteiger partial charge < -0.3 is 15.1 Å². The highest BCUT2D eigenvalue weighted by atomic mass is 16.6. The van der Waals surface area contributed by atoms with Crippen molar-refractivity contribution < 1.29 is 14.1 Å². The van der Waals surface area contributed by atoms with Crippen molar-refractivity contribution >= 4 is 11.8 Å². The van der Waals surface area contributed by atoms with Crippen molar-refractivity contribution in [3.05, 3.63) is 28.0 Å². The number of furan rings is 1. The van der Waals surface area contributed by atoms with Crippen LogP contribution in [0.25, 0.3) is 0 Å². The number of rotatable bonds is 4. The number of hydrogen-bond acceptors (Lipinski definition) is 6. The summed E-state index contributed by atoms with van der Waals surface area (Å²) in [6.07, 6.45) is 0. The predicted octanol–water partition coefficient (Wildman–Crippen LogP) is -0.292. The number of hydrogen-bond donors (Lipinski definition) is 2. The third-order valence-electron chi connectivity index (χ3n) is 3.09. The van der Waals surface area contributed by atoms with Gasteiger partial charge in [0.25, 0.3) is 0 Å². The first-order valence-electron chi connectivity index (χ1n) is 6.01. The zero-order valence-corrected chi connectivity index (χ0v) is 10.6. The number of nitro groups is 1. The third-order valence-corrected chi connectivity index (χ3v) is 3.09. The van der Waals surface area contributed by atoms with Crippen LogP contribution in [0.4, 0.5) is 5.88 Å². The average molecular weight is 268 g/mol. The Morgan fingerprint density at radius 3 is 3.11 bits per heavy atom. The lowest BCUT2D eigenvalue weighted by Gasteiger charge is -2.34. The third kappa shape index (κ3) is 3.09. The normalized spacial score (nSPS) is 20.2. The molecule has 0 spiro atoms. The summed E-state index contributed by atoms with van der Waals surface area (Å²) < 4.78 is 5.12. The molecule has 0 radical (unpaired) electrons. The van der Waals surface area contributed by atoms with Crippen LogP contribution < -0.4 is 10.6 Å². The van der Waals surface area contributed by atoms with Crippen LogP contribution in [0.2, 0.25) is 0 Å². The van der Waals surface area contributed by atoms with Gasteiger partial charge in [0.15, 0.2) is 0 Å². The Balaban J connectivity index is 2.06. The van der Waals surface area contributed by atoms with Gasteiger partial charge in [0.2, 0.25) is 5.91 Å². The summed E-state index contributed by atoms with van der Waals surface area (Å²) in [6.45, 7) is 2.40. The zero-order valence-electron chi connectivity index (χ0n) is 10.6. The lowest BCUT2D eigenvalue weighted by atomic mass is 10.1. The molecule has 2 rings (SSSR count). The number of likely N-dealkylation sites (N-methyl/N-ethyl adjacent to an activating group) is 1. The van der Waals surface area contributed by atoms with E-state index in [2.05, 4.69) is 10.6 Å². The van der Waals surface area contributed by atoms with Gasteiger partial charge >= 0.3 is 5.88 Å². The van der Waals surface area contributed by atoms with Gasteiger partial charge in [-0.2, -0.15) is 0 Å². The van der Waals surface area contributed by atoms with Crippen LogP contribution in [0.3, 0.4) is 0 Å². The fourth-order valence-electron chi connectivity index (χ4n) is 2.11. The number of carbonyl (C=O) groups excluding carboxylic acids is 1. The molecule has 1 aromatic rings. The molecule has 0 bridgehead atoms. The first kappa shape index (κ1) is 13.5. The van der Waals surface area contributed by atoms with Crippen LogP contribution in [0.15, 0.2) is 16.5 Å². The molecule has 0 aromatic carbocycles. The molecule has 8 heteroatoms. The van der Waals surface area contributed by atoms with Crippen molar-refractivity contribution in [3.63, 3.8) is 0 Å². The first-order valence-corrected chi connectivity index (χ1v) is 6.01. The van der Waals surface area contributed by atoms with Crippen LogP contribution in [0.5, 0.6) is 0 Å². The van der Waals surface area contributed by atoms with Crippen molar-refractivity contribution in [2.45, 2.75) is 12.6 Å². The molecule has 1 aliphatic rings. The Kier molecular flexibility index (Phi) is 4.13. The second-order valence-corrected chi connectivity index (χ2v) is 4.30. The zero-order chi connectivity index (χ0) is 13.8. The first-order chi connectivity index (χ1) is 9.11. The fraction of sp³-hybridized carbons (Fsp3) is 0.545. The van der Waals surface area contributed by atoms with Gasteiger partial charge in [-0.15, -0.1) is 0 Å². The summed E-state index contributed by atoms with van der Waals surface area (Å²) in [7, 11) is 1.59. The fourth-order valence-corrected chi connectivity index (χ4v) is 2.11. The smallest absolute Gasteiger partial charge is 0.404 e. The molecule has 104 valence electrons. The molecule has 1 atom stereocenters. The predicted molar refractivity (Wildman–Crippen MR) is 66.5 cm³/mol. The van der Waals surface area contributed by atoms with Gasteiger partial charge in [0, 0.05) is 26.7 Å². The number of carbonyl (C=O) groups is 1. The van der Waals surface area contributed by atoms with Gasteiger partial charge in [0.05, 0.1) is 12.6 Å². The van der Waals surface area contributed by atoms with E-state index in [1.54, 1.807) is 13.1 Å². The highest BCUT2D eigenvalue weighted by Gasteiger charge is 2.28. The summed E-state index contributed by atoms with van der Waals surface area (Å²) in [5.41, 5.74) is 0. The Morgan fingerprint density at radius 2 is 2.47 bits per heavy atom. The van der Waals surface area contributed by atoms with Crippen LogP contribution in [-0.2, 0) is 11.3 Å². The van der Waals surface area contributed by atoms with E-state index < -0.39 is 4.92 Å². The number of amides is 1. The Labute approximate surface area is 109 Å². The van der Waals surface area contributed by atoms with Gasteiger partial charge in [-0.05, 0) is 6.07 Å². The number of piperazine rings is 1. The SMILES string of the molecule is CNC(=O)C1CNCCN1Cc1ccc([N+](=O)[O-])o1. The molecule has 1 saturated heterocycles. The molecule has 0 aliphatic carbocycles. The van der Waals surface area contributed by atoms with Crippen LogP contribution in [0.1, 0.15) is 5.76 Å². The van der Waals surface area contributed by atoms with E-state index in [1.165, 1.54) is 6.07 Å². The van der Waals surface area contributed by atoms with Crippen molar-refractivity contribution in [2.75, 3.05) is 26.7 Å². The van der Waals surface area contributed by atoms with Gasteiger partial charge in [-0.1, -0.05) is 0 Å². The van der Waals surface area contributed by atoms with Crippen molar-refractivity contribution in [2.24, 2.45) is 0 Å². The van der Waals surface area contributed by atoms with Crippen LogP contribution >= 0.6 is 0 Å². The molecule has 1 aliphatic heterocycles. The lowest BCUT2D eigenvalue weighted by molar-refractivity contribution is -0.402. The Morgan fingerprint density at radius 1 is 1.68 bits per heavy atom. The molecule has 2 N–H and O–H groups in total. The average Bonchev–Trinajstić information content (AvgIpc) is 2.87. The summed E-state index contributed by atoms with van der Waals surface area (Å²) >= 11 is 0. The molecule has 2 heterocycles. The summed E-state index contributed by atoms with van der Waals surface area (Å²) in [4.78, 5) is 23.7. The lowest BCUT2D eigenvalue weighted by Crippen LogP contribution is -2.56. The van der Waals surface area contributed by atoms with Gasteiger partial charge in [-0.3, -0.25) is 19.8 Å². The van der Waals surface area contributed by atoms with Crippen LogP contribution in [-0.4, -0.2) is 48.5 Å². The topological polar surface area (TPSA) is 101 Å². The van der Waals surface area contributed by atoms with Crippen molar-refractivity contribution in [1.29, 1.82) is 0 Å². The van der Waals surface area contributed by atoms with E-state index in [1.807, 2.05) is 4.90 Å². The largest absolute Gasteiger partial charge is 0.433 e. The second kappa shape index (κ2) is 5.81. The minimum Gasteiger partial charge on any atom is -0.404 e. The molecule has 1 amide bonds. The Bertz CT molecular complexity index is 473. The monoisotopic (exact) mass is 268 g/mol. The van der Waals surface area contributed by atoms with E-state index in [4.69, 9.17) is 4.42 Å². The van der Waals surface area contributed by atoms with Gasteiger partial charge in [-0.25, -0.2) is 0 Å². The maximum Gasteiger partial charge on any atom is 0.433 e. The molecule has 1 aromatic heterocycles. The molecular weight excluding hydrogens is 252 g/mol. The summed E-state index contributed by atoms with van der Waals surface area (Å²) in [5.74, 6) is 0.136. The quantitative estimate of drug-likeness (QED) is 0.574. The maximum absolute atomic E-state index is 11.7. The van der Waals surface area contributed by atoms with E-state index >= 15 is 0 Å². The molecule has 1 fully saturated rings. The summed E-state index contributed by atoms with van der Waals surface area (Å²) in [6, 6.07) is 2.61. The second-order valence-electron chi connectivity index (χ2n) is 4.30. The minimum atomic E-state index is -0.572. The highest BCUT2D eigenvalue weighted by Crippen LogP contribution is 2.18. The van der Waals surface area contributed by atoms with E-state index in [0.29, 0.717) is 25.4 Å². The van der Waals surface area contributed by atoms with Crippen molar-refractivity contribution in [3.8, 4) is 0 Å². The molecule has 0 saturated carbocycles. The molecule has 1 unspecified atom stereocenters. The number of nitrogens with one attached hydrogen (secondary N) is 2. The molecule has 8 nitrogen and oxygen atoms in total. The van der Waals surface area contributed by atoms with Crippen LogP contribution in [0, 0.1) is 10.1 Å². The van der Waals surface area contributed by atoms with Gasteiger partial charge in [0.1, 0.15) is 16.7 Å². The highest BCUT2D eigenvalue weighted by molar-refractivity contribution is 5.81. The molecular formula is C11H16N4O4. The minimum absolute atomic E-state index is 0.0757. The summed E-state index contributed by atoms with van der Waals surface area (Å²) in [5, 5.41) is 16.3. The van der Waals surface area contributed by atoms with E-state index in [0.717, 1.165) is 6.54 Å². The van der Waals surface area contributed by atoms with E-state index in [-0.39, 0.29) is 17.8 Å². The number of nitrogens with zero attached hydrogens (tertiary/aromatic N) is 2.